The average molecular weight is 711 g/mol. The van der Waals surface area contributed by atoms with Crippen LogP contribution in [0.25, 0.3) is 6.08 Å². The van der Waals surface area contributed by atoms with Gasteiger partial charge in [0.1, 0.15) is 10.9 Å². The zero-order valence-corrected chi connectivity index (χ0v) is 27.8. The van der Waals surface area contributed by atoms with Gasteiger partial charge in [0.25, 0.3) is 11.8 Å². The van der Waals surface area contributed by atoms with Gasteiger partial charge < -0.3 is 16.0 Å². The normalized spacial score (nSPS) is 11.8. The molecule has 0 fully saturated rings. The third-order valence-electron chi connectivity index (χ3n) is 6.85. The lowest BCUT2D eigenvalue weighted by molar-refractivity contribution is -0.116. The summed E-state index contributed by atoms with van der Waals surface area (Å²) in [6.45, 7) is 1.91. The average Bonchev–Trinajstić information content (AvgIpc) is 3.06. The van der Waals surface area contributed by atoms with Crippen LogP contribution in [0.15, 0.2) is 142 Å². The molecule has 1 atom stereocenters. The maximum atomic E-state index is 13.6. The van der Waals surface area contributed by atoms with Gasteiger partial charge in [-0.2, -0.15) is 0 Å². The number of amides is 3. The second kappa shape index (κ2) is 15.6. The molecule has 1 unspecified atom stereocenters. The lowest BCUT2D eigenvalue weighted by atomic mass is 10.1. The van der Waals surface area contributed by atoms with Crippen molar-refractivity contribution in [2.45, 2.75) is 17.1 Å². The molecule has 0 saturated heterocycles. The number of halogens is 2. The predicted octanol–water partition coefficient (Wildman–Crippen LogP) is 9.29. The van der Waals surface area contributed by atoms with E-state index in [4.69, 9.17) is 11.6 Å². The van der Waals surface area contributed by atoms with Gasteiger partial charge in [0.2, 0.25) is 5.91 Å². The number of anilines is 2. The fraction of sp³-hybridized carbons (Fsp3) is 0.0541. The van der Waals surface area contributed by atoms with Gasteiger partial charge in [-0.15, -0.1) is 11.8 Å². The highest BCUT2D eigenvalue weighted by atomic mass is 79.9. The Labute approximate surface area is 285 Å². The molecule has 5 aromatic rings. The van der Waals surface area contributed by atoms with Crippen molar-refractivity contribution in [2.75, 3.05) is 10.6 Å². The zero-order valence-electron chi connectivity index (χ0n) is 24.7. The van der Waals surface area contributed by atoms with Crippen LogP contribution in [0.2, 0.25) is 5.02 Å². The minimum Gasteiger partial charge on any atom is -0.325 e. The topological polar surface area (TPSA) is 87.3 Å². The molecule has 0 spiro atoms. The van der Waals surface area contributed by atoms with Crippen molar-refractivity contribution in [3.05, 3.63) is 165 Å². The van der Waals surface area contributed by atoms with E-state index in [1.165, 1.54) is 11.8 Å². The molecule has 0 aliphatic heterocycles. The van der Waals surface area contributed by atoms with Crippen molar-refractivity contribution in [1.82, 2.24) is 5.32 Å². The highest BCUT2D eigenvalue weighted by Gasteiger charge is 2.23. The predicted molar refractivity (Wildman–Crippen MR) is 191 cm³/mol. The van der Waals surface area contributed by atoms with Crippen LogP contribution in [-0.2, 0) is 9.59 Å². The summed E-state index contributed by atoms with van der Waals surface area (Å²) in [4.78, 5) is 40.8. The molecule has 0 radical (unpaired) electrons. The van der Waals surface area contributed by atoms with Gasteiger partial charge in [0.05, 0.1) is 0 Å². The van der Waals surface area contributed by atoms with Crippen LogP contribution in [0.4, 0.5) is 11.4 Å². The van der Waals surface area contributed by atoms with Crippen LogP contribution in [0, 0.1) is 6.92 Å². The van der Waals surface area contributed by atoms with Crippen LogP contribution < -0.4 is 16.0 Å². The Morgan fingerprint density at radius 3 is 2.17 bits per heavy atom. The van der Waals surface area contributed by atoms with Crippen molar-refractivity contribution in [3.63, 3.8) is 0 Å². The van der Waals surface area contributed by atoms with Crippen molar-refractivity contribution in [1.29, 1.82) is 0 Å². The molecule has 0 aromatic heterocycles. The number of carbonyl (C=O) groups excluding carboxylic acids is 3. The molecule has 5 rings (SSSR count). The van der Waals surface area contributed by atoms with E-state index in [2.05, 4.69) is 31.9 Å². The second-order valence-corrected chi connectivity index (χ2v) is 12.8. The van der Waals surface area contributed by atoms with Gasteiger partial charge in [-0.3, -0.25) is 14.4 Å². The SMILES string of the molecule is Cc1ccc(Cl)cc1NC(=O)C(Sc1ccc(NC(=O)/C(=C/c2cccc(Br)c2)NC(=O)c2ccccc2)cc1)c1ccccc1. The summed E-state index contributed by atoms with van der Waals surface area (Å²) in [5.74, 6) is -1.07. The molecule has 0 aliphatic rings. The first-order chi connectivity index (χ1) is 22.2. The smallest absolute Gasteiger partial charge is 0.272 e. The third kappa shape index (κ3) is 8.97. The number of rotatable bonds is 10. The van der Waals surface area contributed by atoms with Gasteiger partial charge >= 0.3 is 0 Å². The molecule has 0 saturated carbocycles. The molecule has 9 heteroatoms. The van der Waals surface area contributed by atoms with Crippen LogP contribution in [0.1, 0.15) is 32.3 Å². The first-order valence-electron chi connectivity index (χ1n) is 14.3. The minimum atomic E-state index is -0.548. The first-order valence-corrected chi connectivity index (χ1v) is 16.3. The molecule has 0 bridgehead atoms. The van der Waals surface area contributed by atoms with Crippen molar-refractivity contribution >= 4 is 74.5 Å². The van der Waals surface area contributed by atoms with Crippen LogP contribution in [0.3, 0.4) is 0 Å². The maximum Gasteiger partial charge on any atom is 0.272 e. The Kier molecular flexibility index (Phi) is 11.1. The Hall–Kier alpha value is -4.63. The molecular weight excluding hydrogens is 682 g/mol. The number of hydrogen-bond acceptors (Lipinski definition) is 4. The summed E-state index contributed by atoms with van der Waals surface area (Å²) in [5, 5.41) is 8.65. The number of thioether (sulfide) groups is 1. The maximum absolute atomic E-state index is 13.6. The fourth-order valence-electron chi connectivity index (χ4n) is 4.48. The van der Waals surface area contributed by atoms with Crippen LogP contribution in [-0.4, -0.2) is 17.7 Å². The summed E-state index contributed by atoms with van der Waals surface area (Å²) < 4.78 is 0.841. The molecule has 46 heavy (non-hydrogen) atoms. The number of benzene rings is 5. The molecule has 230 valence electrons. The fourth-order valence-corrected chi connectivity index (χ4v) is 6.10. The van der Waals surface area contributed by atoms with Gasteiger partial charge in [-0.05, 0) is 90.4 Å². The summed E-state index contributed by atoms with van der Waals surface area (Å²) in [7, 11) is 0. The van der Waals surface area contributed by atoms with Crippen LogP contribution >= 0.6 is 39.3 Å². The number of carbonyl (C=O) groups is 3. The standard InChI is InChI=1S/C37H29BrClN3O3S/c1-24-15-16-29(39)23-32(24)41-37(45)34(26-10-4-2-5-11-26)46-31-19-17-30(18-20-31)40-36(44)33(22-25-9-8-14-28(38)21-25)42-35(43)27-12-6-3-7-13-27/h2-23,34H,1H3,(H,40,44)(H,41,45)(H,42,43)/b33-22-. The highest BCUT2D eigenvalue weighted by Crippen LogP contribution is 2.37. The highest BCUT2D eigenvalue weighted by molar-refractivity contribution is 9.10. The van der Waals surface area contributed by atoms with E-state index in [0.29, 0.717) is 22.0 Å². The molecule has 3 N–H and O–H groups in total. The molecule has 3 amide bonds. The summed E-state index contributed by atoms with van der Waals surface area (Å²) in [6, 6.07) is 38.2. The summed E-state index contributed by atoms with van der Waals surface area (Å²) in [6.07, 6.45) is 1.62. The van der Waals surface area contributed by atoms with E-state index in [0.717, 1.165) is 26.1 Å². The van der Waals surface area contributed by atoms with Gasteiger partial charge in [0.15, 0.2) is 0 Å². The lowest BCUT2D eigenvalue weighted by Gasteiger charge is -2.18. The third-order valence-corrected chi connectivity index (χ3v) is 8.85. The van der Waals surface area contributed by atoms with E-state index >= 15 is 0 Å². The Bertz CT molecular complexity index is 1880. The number of hydrogen-bond donors (Lipinski definition) is 3. The Morgan fingerprint density at radius 1 is 0.783 bits per heavy atom. The number of aryl methyl sites for hydroxylation is 1. The quantitative estimate of drug-likeness (QED) is 0.0996. The van der Waals surface area contributed by atoms with Gasteiger partial charge in [0, 0.05) is 31.3 Å². The minimum absolute atomic E-state index is 0.0857. The molecule has 0 aliphatic carbocycles. The van der Waals surface area contributed by atoms with E-state index < -0.39 is 17.1 Å². The number of nitrogens with one attached hydrogen (secondary N) is 3. The van der Waals surface area contributed by atoms with Crippen LogP contribution in [0.5, 0.6) is 0 Å². The molecule has 6 nitrogen and oxygen atoms in total. The molecule has 0 heterocycles. The largest absolute Gasteiger partial charge is 0.325 e. The Balaban J connectivity index is 1.33. The van der Waals surface area contributed by atoms with Gasteiger partial charge in [-0.1, -0.05) is 94.3 Å². The monoisotopic (exact) mass is 709 g/mol. The van der Waals surface area contributed by atoms with Crippen molar-refractivity contribution < 1.29 is 14.4 Å². The van der Waals surface area contributed by atoms with Crippen molar-refractivity contribution in [3.8, 4) is 0 Å². The summed E-state index contributed by atoms with van der Waals surface area (Å²) >= 11 is 11.0. The van der Waals surface area contributed by atoms with E-state index in [1.807, 2.05) is 85.8 Å². The van der Waals surface area contributed by atoms with Gasteiger partial charge in [-0.25, -0.2) is 0 Å². The lowest BCUT2D eigenvalue weighted by Crippen LogP contribution is -2.30. The van der Waals surface area contributed by atoms with Crippen molar-refractivity contribution in [2.24, 2.45) is 0 Å². The first kappa shape index (κ1) is 32.8. The molecule has 5 aromatic carbocycles. The van der Waals surface area contributed by atoms with E-state index in [1.54, 1.807) is 54.6 Å². The molecular formula is C37H29BrClN3O3S. The zero-order chi connectivity index (χ0) is 32.5. The van der Waals surface area contributed by atoms with E-state index in [-0.39, 0.29) is 11.6 Å². The second-order valence-electron chi connectivity index (χ2n) is 10.3. The summed E-state index contributed by atoms with van der Waals surface area (Å²) in [5.41, 5.74) is 4.18. The van der Waals surface area contributed by atoms with E-state index in [9.17, 15) is 14.4 Å². The Morgan fingerprint density at radius 2 is 1.48 bits per heavy atom.